The molecule has 0 radical (unpaired) electrons. The number of rotatable bonds is 4. The third-order valence-electron chi connectivity index (χ3n) is 2.63. The third-order valence-corrected chi connectivity index (χ3v) is 5.56. The van der Waals surface area contributed by atoms with Crippen molar-refractivity contribution >= 4 is 5.78 Å². The van der Waals surface area contributed by atoms with Crippen LogP contribution in [0.5, 0.6) is 11.5 Å². The van der Waals surface area contributed by atoms with Crippen molar-refractivity contribution in [2.45, 2.75) is 13.3 Å². The summed E-state index contributed by atoms with van der Waals surface area (Å²) in [7, 11) is 0. The molecule has 0 aromatic heterocycles. The highest BCUT2D eigenvalue weighted by atomic mass is 127. The third kappa shape index (κ3) is 3.07. The Morgan fingerprint density at radius 1 is 1.21 bits per heavy atom. The average molecular weight is 368 g/mol. The summed E-state index contributed by atoms with van der Waals surface area (Å²) in [6.07, 6.45) is 0.295. The lowest BCUT2D eigenvalue weighted by atomic mass is 10.1. The molecule has 2 aromatic rings. The molecule has 4 heteroatoms. The number of carbonyl (C=O) groups is 1. The van der Waals surface area contributed by atoms with Gasteiger partial charge in [0.1, 0.15) is 0 Å². The van der Waals surface area contributed by atoms with Crippen LogP contribution in [0.1, 0.15) is 23.7 Å². The van der Waals surface area contributed by atoms with Gasteiger partial charge in [0.15, 0.2) is 15.1 Å². The molecule has 0 unspecified atom stereocenters. The van der Waals surface area contributed by atoms with Gasteiger partial charge in [0.05, 0.1) is 0 Å². The van der Waals surface area contributed by atoms with Gasteiger partial charge in [-0.05, 0) is 30.0 Å². The Labute approximate surface area is 122 Å². The summed E-state index contributed by atoms with van der Waals surface area (Å²) in [5, 5.41) is 22.1. The molecule has 0 saturated heterocycles. The van der Waals surface area contributed by atoms with E-state index in [2.05, 4.69) is 0 Å². The molecule has 98 valence electrons. The van der Waals surface area contributed by atoms with Crippen LogP contribution in [-0.2, 0) is 0 Å². The van der Waals surface area contributed by atoms with Gasteiger partial charge in [-0.25, -0.2) is 0 Å². The van der Waals surface area contributed by atoms with Crippen LogP contribution in [0.4, 0.5) is 0 Å². The van der Waals surface area contributed by atoms with Crippen LogP contribution < -0.4 is 26.3 Å². The fourth-order valence-corrected chi connectivity index (χ4v) is 4.02. The second kappa shape index (κ2) is 6.06. The standard InChI is InChI=1S/C15H13IO3/c1-2-12(17)11-8-9-13(18)14(15(11)19)16-10-6-4-3-5-7-10/h3-9H,2H2,1H3,(H-,17,18,19). The number of halogens is 1. The molecule has 0 spiro atoms. The lowest BCUT2D eigenvalue weighted by Gasteiger charge is -2.12. The summed E-state index contributed by atoms with van der Waals surface area (Å²) in [6.45, 7) is 1.72. The van der Waals surface area contributed by atoms with Gasteiger partial charge >= 0.3 is 21.2 Å². The van der Waals surface area contributed by atoms with Crippen molar-refractivity contribution in [1.29, 1.82) is 0 Å². The first-order valence-corrected chi connectivity index (χ1v) is 8.05. The SMILES string of the molecule is CCC(=O)c1ccc(O)c([I+]c2ccccc2)c1[O-]. The number of ketones is 1. The molecular weight excluding hydrogens is 355 g/mol. The number of hydrogen-bond acceptors (Lipinski definition) is 3. The lowest BCUT2D eigenvalue weighted by Crippen LogP contribution is -3.61. The maximum Gasteiger partial charge on any atom is 0.361 e. The van der Waals surface area contributed by atoms with Gasteiger partial charge in [-0.1, -0.05) is 25.1 Å². The number of benzene rings is 2. The number of aromatic hydroxyl groups is 1. The van der Waals surface area contributed by atoms with Crippen molar-refractivity contribution in [3.8, 4) is 11.5 Å². The zero-order chi connectivity index (χ0) is 13.8. The monoisotopic (exact) mass is 368 g/mol. The van der Waals surface area contributed by atoms with Gasteiger partial charge in [-0.15, -0.1) is 0 Å². The second-order valence-corrected chi connectivity index (χ2v) is 6.81. The van der Waals surface area contributed by atoms with Crippen LogP contribution in [0.2, 0.25) is 0 Å². The van der Waals surface area contributed by atoms with E-state index in [-0.39, 0.29) is 22.8 Å². The molecule has 0 aliphatic heterocycles. The Morgan fingerprint density at radius 3 is 2.53 bits per heavy atom. The summed E-state index contributed by atoms with van der Waals surface area (Å²) in [4.78, 5) is 11.7. The molecule has 3 nitrogen and oxygen atoms in total. The lowest BCUT2D eigenvalue weighted by molar-refractivity contribution is -0.604. The Balaban J connectivity index is 2.42. The van der Waals surface area contributed by atoms with E-state index >= 15 is 0 Å². The van der Waals surface area contributed by atoms with Crippen molar-refractivity contribution in [3.05, 3.63) is 55.2 Å². The Morgan fingerprint density at radius 2 is 1.89 bits per heavy atom. The number of phenols is 1. The minimum absolute atomic E-state index is 0.00527. The molecule has 0 aliphatic rings. The molecule has 0 fully saturated rings. The van der Waals surface area contributed by atoms with Crippen molar-refractivity contribution in [2.75, 3.05) is 0 Å². The van der Waals surface area contributed by atoms with Gasteiger partial charge in [-0.3, -0.25) is 4.79 Å². The molecular formula is C15H13IO3. The average Bonchev–Trinajstić information content (AvgIpc) is 2.44. The fraction of sp³-hybridized carbons (Fsp3) is 0.133. The molecule has 0 atom stereocenters. The molecule has 0 saturated carbocycles. The Hall–Kier alpha value is -1.56. The molecule has 19 heavy (non-hydrogen) atoms. The van der Waals surface area contributed by atoms with Crippen LogP contribution >= 0.6 is 0 Å². The van der Waals surface area contributed by atoms with Crippen LogP contribution in [-0.4, -0.2) is 10.9 Å². The predicted octanol–water partition coefficient (Wildman–Crippen LogP) is -0.813. The summed E-state index contributed by atoms with van der Waals surface area (Å²) >= 11 is -0.777. The topological polar surface area (TPSA) is 60.4 Å². The highest BCUT2D eigenvalue weighted by Crippen LogP contribution is 2.21. The van der Waals surface area contributed by atoms with E-state index in [4.69, 9.17) is 0 Å². The Kier molecular flexibility index (Phi) is 4.42. The van der Waals surface area contributed by atoms with Crippen LogP contribution in [0, 0.1) is 7.14 Å². The van der Waals surface area contributed by atoms with Crippen LogP contribution in [0.15, 0.2) is 42.5 Å². The van der Waals surface area contributed by atoms with Crippen molar-refractivity contribution in [3.63, 3.8) is 0 Å². The summed E-state index contributed by atoms with van der Waals surface area (Å²) in [5.74, 6) is -0.499. The van der Waals surface area contributed by atoms with Gasteiger partial charge in [-0.2, -0.15) is 0 Å². The van der Waals surface area contributed by atoms with E-state index in [1.165, 1.54) is 12.1 Å². The fourth-order valence-electron chi connectivity index (χ4n) is 1.63. The summed E-state index contributed by atoms with van der Waals surface area (Å²) < 4.78 is 1.43. The minimum Gasteiger partial charge on any atom is -0.869 e. The van der Waals surface area contributed by atoms with Gasteiger partial charge in [0.2, 0.25) is 3.57 Å². The summed E-state index contributed by atoms with van der Waals surface area (Å²) in [6, 6.07) is 12.4. The molecule has 0 aliphatic carbocycles. The normalized spacial score (nSPS) is 10.4. The van der Waals surface area contributed by atoms with E-state index in [0.717, 1.165) is 3.57 Å². The highest BCUT2D eigenvalue weighted by molar-refractivity contribution is 5.98. The first-order chi connectivity index (χ1) is 9.13. The maximum absolute atomic E-state index is 12.2. The van der Waals surface area contributed by atoms with Crippen molar-refractivity contribution < 1.29 is 36.2 Å². The molecule has 1 N–H and O–H groups in total. The minimum atomic E-state index is -0.777. The molecule has 0 bridgehead atoms. The number of phenolic OH excluding ortho intramolecular Hbond substituents is 1. The maximum atomic E-state index is 12.2. The van der Waals surface area contributed by atoms with E-state index in [1.54, 1.807) is 6.92 Å². The highest BCUT2D eigenvalue weighted by Gasteiger charge is 2.23. The molecule has 0 amide bonds. The van der Waals surface area contributed by atoms with E-state index in [1.807, 2.05) is 30.3 Å². The van der Waals surface area contributed by atoms with Crippen LogP contribution in [0.3, 0.4) is 0 Å². The quantitative estimate of drug-likeness (QED) is 0.567. The number of Topliss-reactive ketones (excluding diaryl/α,β-unsaturated/α-hetero) is 1. The van der Waals surface area contributed by atoms with Crippen molar-refractivity contribution in [2.24, 2.45) is 0 Å². The van der Waals surface area contributed by atoms with Crippen molar-refractivity contribution in [1.82, 2.24) is 0 Å². The zero-order valence-corrected chi connectivity index (χ0v) is 12.5. The zero-order valence-electron chi connectivity index (χ0n) is 10.4. The first-order valence-electron chi connectivity index (χ1n) is 5.89. The molecule has 2 aromatic carbocycles. The Bertz CT molecular complexity index is 594. The summed E-state index contributed by atoms with van der Waals surface area (Å²) in [5.41, 5.74) is 0.186. The van der Waals surface area contributed by atoms with Gasteiger partial charge < -0.3 is 10.2 Å². The van der Waals surface area contributed by atoms with Gasteiger partial charge in [0, 0.05) is 12.0 Å². The smallest absolute Gasteiger partial charge is 0.361 e. The largest absolute Gasteiger partial charge is 0.869 e. The first kappa shape index (κ1) is 13.9. The molecule has 0 heterocycles. The number of hydrogen-bond donors (Lipinski definition) is 1. The van der Waals surface area contributed by atoms with Crippen LogP contribution in [0.25, 0.3) is 0 Å². The second-order valence-electron chi connectivity index (χ2n) is 3.94. The van der Waals surface area contributed by atoms with E-state index < -0.39 is 21.2 Å². The molecule has 2 rings (SSSR count). The van der Waals surface area contributed by atoms with E-state index in [0.29, 0.717) is 9.99 Å². The van der Waals surface area contributed by atoms with E-state index in [9.17, 15) is 15.0 Å². The predicted molar refractivity (Wildman–Crippen MR) is 66.0 cm³/mol. The van der Waals surface area contributed by atoms with Gasteiger partial charge in [0.25, 0.3) is 0 Å². The number of carbonyl (C=O) groups excluding carboxylic acids is 1.